The van der Waals surface area contributed by atoms with Gasteiger partial charge in [-0.3, -0.25) is 9.93 Å². The maximum atomic E-state index is 12.3. The van der Waals surface area contributed by atoms with E-state index in [0.717, 1.165) is 44.8 Å². The Morgan fingerprint density at radius 2 is 2.09 bits per heavy atom. The number of nitrogens with two attached hydrogens (primary N) is 1. The van der Waals surface area contributed by atoms with Crippen LogP contribution < -0.4 is 9.88 Å². The second kappa shape index (κ2) is 11.6. The fraction of sp³-hybridized carbons (Fsp3) is 0.346. The van der Waals surface area contributed by atoms with Crippen molar-refractivity contribution in [1.29, 1.82) is 0 Å². The van der Waals surface area contributed by atoms with E-state index in [1.165, 1.54) is 30.2 Å². The molecule has 1 aromatic heterocycles. The third kappa shape index (κ3) is 5.98. The number of aryl methyl sites for hydroxylation is 1. The Morgan fingerprint density at radius 1 is 1.26 bits per heavy atom. The third-order valence-corrected chi connectivity index (χ3v) is 8.99. The first-order chi connectivity index (χ1) is 16.5. The zero-order valence-corrected chi connectivity index (χ0v) is 22.1. The molecular formula is C26H30N2O3S3. The molecule has 0 saturated heterocycles. The molecule has 2 atom stereocenters. The number of hydrogen-bond acceptors (Lipinski definition) is 8. The third-order valence-electron chi connectivity index (χ3n) is 6.02. The summed E-state index contributed by atoms with van der Waals surface area (Å²) in [5.74, 6) is 0.670. The predicted molar refractivity (Wildman–Crippen MR) is 141 cm³/mol. The Hall–Kier alpha value is -1.97. The fourth-order valence-electron chi connectivity index (χ4n) is 4.04. The molecule has 8 heteroatoms. The molecule has 0 fully saturated rings. The van der Waals surface area contributed by atoms with Crippen LogP contribution in [-0.4, -0.2) is 30.0 Å². The zero-order chi connectivity index (χ0) is 24.1. The average Bonchev–Trinajstić information content (AvgIpc) is 3.25. The molecule has 0 aliphatic carbocycles. The zero-order valence-electron chi connectivity index (χ0n) is 19.7. The Bertz CT molecular complexity index is 1130. The molecule has 1 aliphatic rings. The summed E-state index contributed by atoms with van der Waals surface area (Å²) in [6, 6.07) is 18.9. The van der Waals surface area contributed by atoms with Crippen molar-refractivity contribution in [2.75, 3.05) is 13.7 Å². The number of benzene rings is 2. The van der Waals surface area contributed by atoms with Crippen molar-refractivity contribution >= 4 is 41.2 Å². The van der Waals surface area contributed by atoms with Crippen LogP contribution in [-0.2, 0) is 16.1 Å². The fourth-order valence-corrected chi connectivity index (χ4v) is 6.60. The molecule has 2 aromatic carbocycles. The van der Waals surface area contributed by atoms with E-state index in [-0.39, 0.29) is 18.0 Å². The lowest BCUT2D eigenvalue weighted by molar-refractivity contribution is -0.140. The van der Waals surface area contributed by atoms with Gasteiger partial charge in [0.25, 0.3) is 0 Å². The molecule has 3 aromatic rings. The molecule has 180 valence electrons. The minimum atomic E-state index is -0.218. The SMILES string of the molecule is CCC1CN(Cc2cc(C(CC(=O)OC)c3ccc(SN)s3)ccc2C)Sc2ccccc2O1. The minimum absolute atomic E-state index is 0.0677. The van der Waals surface area contributed by atoms with Gasteiger partial charge in [0.15, 0.2) is 0 Å². The number of esters is 1. The molecule has 2 unspecified atom stereocenters. The first kappa shape index (κ1) is 25.1. The Labute approximate surface area is 214 Å². The molecule has 2 heterocycles. The first-order valence-electron chi connectivity index (χ1n) is 11.3. The molecule has 5 nitrogen and oxygen atoms in total. The highest BCUT2D eigenvalue weighted by Gasteiger charge is 2.25. The van der Waals surface area contributed by atoms with Gasteiger partial charge in [-0.1, -0.05) is 37.3 Å². The predicted octanol–water partition coefficient (Wildman–Crippen LogP) is 6.40. The van der Waals surface area contributed by atoms with Crippen LogP contribution in [0.25, 0.3) is 0 Å². The van der Waals surface area contributed by atoms with Crippen molar-refractivity contribution in [3.05, 3.63) is 76.2 Å². The van der Waals surface area contributed by atoms with Crippen molar-refractivity contribution in [3.63, 3.8) is 0 Å². The Balaban J connectivity index is 1.63. The lowest BCUT2D eigenvalue weighted by Crippen LogP contribution is -2.29. The summed E-state index contributed by atoms with van der Waals surface area (Å²) in [6.07, 6.45) is 1.39. The Kier molecular flexibility index (Phi) is 8.60. The Morgan fingerprint density at radius 3 is 2.82 bits per heavy atom. The van der Waals surface area contributed by atoms with Gasteiger partial charge in [-0.25, -0.2) is 4.31 Å². The van der Waals surface area contributed by atoms with Crippen LogP contribution in [0.1, 0.15) is 47.3 Å². The summed E-state index contributed by atoms with van der Waals surface area (Å²) in [5.41, 5.74) is 3.60. The first-order valence-corrected chi connectivity index (χ1v) is 13.8. The maximum Gasteiger partial charge on any atom is 0.306 e. The van der Waals surface area contributed by atoms with Gasteiger partial charge in [0.1, 0.15) is 11.9 Å². The normalized spacial score (nSPS) is 16.9. The van der Waals surface area contributed by atoms with E-state index in [2.05, 4.69) is 54.6 Å². The number of carbonyl (C=O) groups excluding carboxylic acids is 1. The number of fused-ring (bicyclic) bond motifs is 1. The summed E-state index contributed by atoms with van der Waals surface area (Å²) < 4.78 is 14.7. The number of hydrogen-bond donors (Lipinski definition) is 1. The summed E-state index contributed by atoms with van der Waals surface area (Å²) in [4.78, 5) is 14.5. The number of carbonyl (C=O) groups is 1. The monoisotopic (exact) mass is 514 g/mol. The highest BCUT2D eigenvalue weighted by atomic mass is 32.2. The topological polar surface area (TPSA) is 64.8 Å². The van der Waals surface area contributed by atoms with Gasteiger partial charge in [0.05, 0.1) is 22.6 Å². The lowest BCUT2D eigenvalue weighted by atomic mass is 9.91. The van der Waals surface area contributed by atoms with Crippen LogP contribution >= 0.6 is 35.2 Å². The van der Waals surface area contributed by atoms with E-state index in [0.29, 0.717) is 6.42 Å². The number of thiophene rings is 1. The van der Waals surface area contributed by atoms with Crippen molar-refractivity contribution in [1.82, 2.24) is 4.31 Å². The second-order valence-electron chi connectivity index (χ2n) is 8.30. The highest BCUT2D eigenvalue weighted by Crippen LogP contribution is 2.39. The molecule has 4 rings (SSSR count). The summed E-state index contributed by atoms with van der Waals surface area (Å²) in [6.45, 7) is 5.94. The molecule has 0 bridgehead atoms. The summed E-state index contributed by atoms with van der Waals surface area (Å²) >= 11 is 4.62. The molecule has 0 spiro atoms. The van der Waals surface area contributed by atoms with Gasteiger partial charge >= 0.3 is 5.97 Å². The summed E-state index contributed by atoms with van der Waals surface area (Å²) in [5, 5.41) is 5.76. The largest absolute Gasteiger partial charge is 0.488 e. The average molecular weight is 515 g/mol. The molecule has 0 amide bonds. The number of methoxy groups -OCH3 is 1. The highest BCUT2D eigenvalue weighted by molar-refractivity contribution is 7.99. The van der Waals surface area contributed by atoms with Crippen LogP contribution in [0.2, 0.25) is 0 Å². The van der Waals surface area contributed by atoms with Gasteiger partial charge in [0, 0.05) is 23.9 Å². The number of nitrogens with zero attached hydrogens (tertiary/aromatic N) is 1. The molecule has 0 saturated carbocycles. The number of para-hydroxylation sites is 1. The van der Waals surface area contributed by atoms with Crippen LogP contribution in [0.3, 0.4) is 0 Å². The van der Waals surface area contributed by atoms with Crippen molar-refractivity contribution in [2.45, 2.75) is 54.4 Å². The molecular weight excluding hydrogens is 484 g/mol. The van der Waals surface area contributed by atoms with Gasteiger partial charge in [-0.05, 0) is 78.2 Å². The van der Waals surface area contributed by atoms with Crippen molar-refractivity contribution in [2.24, 2.45) is 5.14 Å². The van der Waals surface area contributed by atoms with E-state index < -0.39 is 0 Å². The smallest absolute Gasteiger partial charge is 0.306 e. The van der Waals surface area contributed by atoms with Gasteiger partial charge in [0.2, 0.25) is 0 Å². The van der Waals surface area contributed by atoms with Gasteiger partial charge in [-0.15, -0.1) is 11.3 Å². The van der Waals surface area contributed by atoms with Gasteiger partial charge in [-0.2, -0.15) is 0 Å². The van der Waals surface area contributed by atoms with Crippen LogP contribution in [0.15, 0.2) is 63.7 Å². The number of rotatable bonds is 8. The molecule has 1 aliphatic heterocycles. The van der Waals surface area contributed by atoms with Crippen molar-refractivity contribution < 1.29 is 14.3 Å². The molecule has 0 radical (unpaired) electrons. The second-order valence-corrected chi connectivity index (χ2v) is 11.5. The van der Waals surface area contributed by atoms with Crippen molar-refractivity contribution in [3.8, 4) is 5.75 Å². The van der Waals surface area contributed by atoms with E-state index in [9.17, 15) is 4.79 Å². The quantitative estimate of drug-likeness (QED) is 0.276. The van der Waals surface area contributed by atoms with E-state index in [1.54, 1.807) is 23.3 Å². The van der Waals surface area contributed by atoms with Crippen LogP contribution in [0, 0.1) is 6.92 Å². The molecule has 34 heavy (non-hydrogen) atoms. The lowest BCUT2D eigenvalue weighted by Gasteiger charge is -2.24. The minimum Gasteiger partial charge on any atom is -0.488 e. The van der Waals surface area contributed by atoms with Gasteiger partial charge < -0.3 is 9.47 Å². The standard InChI is InChI=1S/C26H30N2O3S3/c1-4-20-16-28(34-24-8-6-5-7-22(24)31-20)15-19-13-18(10-9-17(19)2)21(14-25(29)30-3)23-11-12-26(32-23)33-27/h5-13,20-21H,4,14-16,27H2,1-3H3. The van der Waals surface area contributed by atoms with Crippen LogP contribution in [0.5, 0.6) is 5.75 Å². The number of ether oxygens (including phenoxy) is 2. The summed E-state index contributed by atoms with van der Waals surface area (Å²) in [7, 11) is 1.44. The van der Waals surface area contributed by atoms with E-state index in [1.807, 2.05) is 18.2 Å². The maximum absolute atomic E-state index is 12.3. The van der Waals surface area contributed by atoms with E-state index in [4.69, 9.17) is 14.6 Å². The van der Waals surface area contributed by atoms with Crippen LogP contribution in [0.4, 0.5) is 0 Å². The molecule has 2 N–H and O–H groups in total. The van der Waals surface area contributed by atoms with E-state index >= 15 is 0 Å².